The number of carbonyl (C=O) groups excluding carboxylic acids is 1. The van der Waals surface area contributed by atoms with E-state index in [0.29, 0.717) is 0 Å². The van der Waals surface area contributed by atoms with Gasteiger partial charge in [0.05, 0.1) is 11.7 Å². The monoisotopic (exact) mass is 342 g/mol. The van der Waals surface area contributed by atoms with Crippen molar-refractivity contribution in [3.63, 3.8) is 0 Å². The van der Waals surface area contributed by atoms with Gasteiger partial charge in [0.25, 0.3) is 0 Å². The van der Waals surface area contributed by atoms with E-state index < -0.39 is 0 Å². The molecule has 1 N–H and O–H groups in total. The molecule has 1 aromatic carbocycles. The smallest absolute Gasteiger partial charge is 0.317 e. The quantitative estimate of drug-likeness (QED) is 0.908. The van der Waals surface area contributed by atoms with Crippen molar-refractivity contribution >= 4 is 6.03 Å². The van der Waals surface area contributed by atoms with Crippen molar-refractivity contribution in [2.75, 3.05) is 26.2 Å². The van der Waals surface area contributed by atoms with Crippen molar-refractivity contribution in [1.82, 2.24) is 20.3 Å². The summed E-state index contributed by atoms with van der Waals surface area (Å²) in [5.41, 5.74) is 3.38. The highest BCUT2D eigenvalue weighted by Crippen LogP contribution is 2.15. The number of hydrogen-bond acceptors (Lipinski definition) is 4. The number of nitrogens with one attached hydrogen (secondary N) is 1. The summed E-state index contributed by atoms with van der Waals surface area (Å²) in [5.74, 6) is 0. The highest BCUT2D eigenvalue weighted by atomic mass is 16.5. The largest absolute Gasteiger partial charge is 0.364 e. The predicted octanol–water partition coefficient (Wildman–Crippen LogP) is 2.83. The maximum absolute atomic E-state index is 12.5. The number of amides is 2. The van der Waals surface area contributed by atoms with E-state index in [1.165, 1.54) is 5.56 Å². The minimum atomic E-state index is 0.00608. The van der Waals surface area contributed by atoms with E-state index >= 15 is 0 Å². The minimum absolute atomic E-state index is 0.00608. The Morgan fingerprint density at radius 3 is 2.52 bits per heavy atom. The van der Waals surface area contributed by atoms with E-state index in [1.54, 1.807) is 6.26 Å². The third-order valence-electron chi connectivity index (χ3n) is 4.76. The van der Waals surface area contributed by atoms with Gasteiger partial charge in [-0.05, 0) is 24.5 Å². The molecule has 1 unspecified atom stereocenters. The zero-order valence-corrected chi connectivity index (χ0v) is 14.9. The fourth-order valence-electron chi connectivity index (χ4n) is 3.06. The minimum Gasteiger partial charge on any atom is -0.364 e. The number of carbonyl (C=O) groups is 1. The number of piperazine rings is 1. The molecule has 1 aliphatic rings. The lowest BCUT2D eigenvalue weighted by atomic mass is 10.1. The molecule has 1 fully saturated rings. The van der Waals surface area contributed by atoms with E-state index in [0.717, 1.165) is 50.4 Å². The first-order valence-electron chi connectivity index (χ1n) is 8.91. The van der Waals surface area contributed by atoms with Crippen molar-refractivity contribution in [1.29, 1.82) is 0 Å². The third kappa shape index (κ3) is 4.60. The van der Waals surface area contributed by atoms with Gasteiger partial charge in [0, 0.05) is 38.8 Å². The highest BCUT2D eigenvalue weighted by molar-refractivity contribution is 5.74. The number of aromatic nitrogens is 1. The van der Waals surface area contributed by atoms with Crippen molar-refractivity contribution in [2.45, 2.75) is 32.9 Å². The van der Waals surface area contributed by atoms with Crippen LogP contribution in [0.4, 0.5) is 4.79 Å². The fourth-order valence-corrected chi connectivity index (χ4v) is 3.06. The number of urea groups is 1. The topological polar surface area (TPSA) is 61.6 Å². The molecule has 0 radical (unpaired) electrons. The van der Waals surface area contributed by atoms with Crippen LogP contribution in [0.5, 0.6) is 0 Å². The molecule has 6 nitrogen and oxygen atoms in total. The Bertz CT molecular complexity index is 661. The zero-order valence-electron chi connectivity index (χ0n) is 14.9. The second-order valence-electron chi connectivity index (χ2n) is 6.52. The van der Waals surface area contributed by atoms with Gasteiger partial charge in [-0.1, -0.05) is 36.3 Å². The SMILES string of the molecule is CCc1ccc(C(C)NC(=O)N2CCN(Cc3ccon3)CC2)cc1. The van der Waals surface area contributed by atoms with Crippen molar-refractivity contribution in [3.8, 4) is 0 Å². The molecular weight excluding hydrogens is 316 g/mol. The van der Waals surface area contributed by atoms with Crippen LogP contribution >= 0.6 is 0 Å². The summed E-state index contributed by atoms with van der Waals surface area (Å²) in [6.45, 7) is 8.09. The molecule has 1 atom stereocenters. The molecule has 0 bridgehead atoms. The van der Waals surface area contributed by atoms with Gasteiger partial charge >= 0.3 is 6.03 Å². The molecule has 3 rings (SSSR count). The van der Waals surface area contributed by atoms with E-state index in [2.05, 4.69) is 46.6 Å². The lowest BCUT2D eigenvalue weighted by molar-refractivity contribution is 0.132. The van der Waals surface area contributed by atoms with Gasteiger partial charge in [-0.2, -0.15) is 0 Å². The maximum Gasteiger partial charge on any atom is 0.317 e. The normalized spacial score (nSPS) is 16.6. The standard InChI is InChI=1S/C19H26N4O2/c1-3-16-4-6-17(7-5-16)15(2)20-19(24)23-11-9-22(10-12-23)14-18-8-13-25-21-18/h4-8,13,15H,3,9-12,14H2,1-2H3,(H,20,24). The van der Waals surface area contributed by atoms with E-state index in [9.17, 15) is 4.79 Å². The van der Waals surface area contributed by atoms with Gasteiger partial charge in [0.1, 0.15) is 6.26 Å². The molecule has 2 heterocycles. The van der Waals surface area contributed by atoms with Crippen molar-refractivity contribution in [2.24, 2.45) is 0 Å². The second kappa shape index (κ2) is 8.16. The van der Waals surface area contributed by atoms with E-state index in [-0.39, 0.29) is 12.1 Å². The Morgan fingerprint density at radius 1 is 1.20 bits per heavy atom. The van der Waals surface area contributed by atoms with Crippen molar-refractivity contribution in [3.05, 3.63) is 53.4 Å². The molecule has 2 aromatic rings. The number of rotatable bonds is 5. The van der Waals surface area contributed by atoms with E-state index in [1.807, 2.05) is 17.9 Å². The summed E-state index contributed by atoms with van der Waals surface area (Å²) < 4.78 is 4.86. The fraction of sp³-hybridized carbons (Fsp3) is 0.474. The number of nitrogens with zero attached hydrogens (tertiary/aromatic N) is 3. The van der Waals surface area contributed by atoms with Crippen LogP contribution in [0.3, 0.4) is 0 Å². The van der Waals surface area contributed by atoms with Gasteiger partial charge in [-0.15, -0.1) is 0 Å². The lowest BCUT2D eigenvalue weighted by Gasteiger charge is -2.34. The first-order chi connectivity index (χ1) is 12.2. The number of benzene rings is 1. The number of aryl methyl sites for hydroxylation is 1. The summed E-state index contributed by atoms with van der Waals surface area (Å²) in [6.07, 6.45) is 2.62. The Morgan fingerprint density at radius 2 is 1.92 bits per heavy atom. The van der Waals surface area contributed by atoms with Crippen LogP contribution in [0.2, 0.25) is 0 Å². The Kier molecular flexibility index (Phi) is 5.71. The molecule has 0 saturated carbocycles. The Labute approximate surface area is 148 Å². The summed E-state index contributed by atoms with van der Waals surface area (Å²) in [4.78, 5) is 16.7. The highest BCUT2D eigenvalue weighted by Gasteiger charge is 2.22. The maximum atomic E-state index is 12.5. The molecule has 1 saturated heterocycles. The molecule has 2 amide bonds. The summed E-state index contributed by atoms with van der Waals surface area (Å²) in [7, 11) is 0. The third-order valence-corrected chi connectivity index (χ3v) is 4.76. The Hall–Kier alpha value is -2.34. The molecule has 6 heteroatoms. The predicted molar refractivity (Wildman–Crippen MR) is 96.1 cm³/mol. The molecular formula is C19H26N4O2. The van der Waals surface area contributed by atoms with Gasteiger partial charge in [-0.3, -0.25) is 4.90 Å². The summed E-state index contributed by atoms with van der Waals surface area (Å²) >= 11 is 0. The van der Waals surface area contributed by atoms with Crippen molar-refractivity contribution < 1.29 is 9.32 Å². The van der Waals surface area contributed by atoms with Crippen LogP contribution in [0.25, 0.3) is 0 Å². The first kappa shape index (κ1) is 17.5. The lowest BCUT2D eigenvalue weighted by Crippen LogP contribution is -2.51. The van der Waals surface area contributed by atoms with Gasteiger partial charge < -0.3 is 14.7 Å². The molecule has 25 heavy (non-hydrogen) atoms. The molecule has 0 spiro atoms. The van der Waals surface area contributed by atoms with Gasteiger partial charge in [-0.25, -0.2) is 4.79 Å². The number of hydrogen-bond donors (Lipinski definition) is 1. The van der Waals surface area contributed by atoms with Crippen LogP contribution in [0.15, 0.2) is 41.1 Å². The molecule has 1 aromatic heterocycles. The zero-order chi connectivity index (χ0) is 17.6. The second-order valence-corrected chi connectivity index (χ2v) is 6.52. The van der Waals surface area contributed by atoms with Gasteiger partial charge in [0.2, 0.25) is 0 Å². The van der Waals surface area contributed by atoms with E-state index in [4.69, 9.17) is 4.52 Å². The average molecular weight is 342 g/mol. The van der Waals surface area contributed by atoms with Gasteiger partial charge in [0.15, 0.2) is 0 Å². The summed E-state index contributed by atoms with van der Waals surface area (Å²) in [6, 6.07) is 10.3. The Balaban J connectivity index is 1.47. The first-order valence-corrected chi connectivity index (χ1v) is 8.91. The molecule has 1 aliphatic heterocycles. The van der Waals surface area contributed by atoms with Crippen LogP contribution in [0.1, 0.15) is 36.7 Å². The molecule has 0 aliphatic carbocycles. The van der Waals surface area contributed by atoms with Crippen LogP contribution in [0, 0.1) is 0 Å². The molecule has 134 valence electrons. The average Bonchev–Trinajstić information content (AvgIpc) is 3.15. The van der Waals surface area contributed by atoms with Crippen LogP contribution in [-0.4, -0.2) is 47.2 Å². The summed E-state index contributed by atoms with van der Waals surface area (Å²) in [5, 5.41) is 7.05. The van der Waals surface area contributed by atoms with Crippen LogP contribution < -0.4 is 5.32 Å². The van der Waals surface area contributed by atoms with Crippen LogP contribution in [-0.2, 0) is 13.0 Å².